The number of anilines is 1. The highest BCUT2D eigenvalue weighted by molar-refractivity contribution is 5.84. The highest BCUT2D eigenvalue weighted by Gasteiger charge is 2.35. The van der Waals surface area contributed by atoms with E-state index in [1.54, 1.807) is 0 Å². The quantitative estimate of drug-likeness (QED) is 0.752. The van der Waals surface area contributed by atoms with Crippen LogP contribution in [-0.4, -0.2) is 18.6 Å². The minimum absolute atomic E-state index is 0.112. The van der Waals surface area contributed by atoms with E-state index in [2.05, 4.69) is 5.32 Å². The first-order chi connectivity index (χ1) is 7.24. The van der Waals surface area contributed by atoms with Crippen molar-refractivity contribution >= 4 is 11.7 Å². The van der Waals surface area contributed by atoms with Crippen LogP contribution in [0, 0.1) is 0 Å². The van der Waals surface area contributed by atoms with Crippen molar-refractivity contribution in [1.29, 1.82) is 0 Å². The number of hydrogen-bond acceptors (Lipinski definition) is 3. The van der Waals surface area contributed by atoms with Crippen molar-refractivity contribution in [1.82, 2.24) is 0 Å². The Labute approximate surface area is 89.4 Å². The number of esters is 1. The Balaban J connectivity index is 2.29. The Morgan fingerprint density at radius 2 is 2.20 bits per heavy atom. The molecule has 0 unspecified atom stereocenters. The summed E-state index contributed by atoms with van der Waals surface area (Å²) in [5.74, 6) is -0.302. The molecule has 0 spiro atoms. The van der Waals surface area contributed by atoms with E-state index in [1.165, 1.54) is 0 Å². The van der Waals surface area contributed by atoms with Gasteiger partial charge in [-0.3, -0.25) is 4.79 Å². The van der Waals surface area contributed by atoms with Crippen LogP contribution in [0.2, 0.25) is 0 Å². The third-order valence-electron chi connectivity index (χ3n) is 2.72. The molecule has 1 N–H and O–H groups in total. The van der Waals surface area contributed by atoms with Crippen LogP contribution >= 0.6 is 0 Å². The van der Waals surface area contributed by atoms with Crippen LogP contribution in [0.25, 0.3) is 0 Å². The van der Waals surface area contributed by atoms with Gasteiger partial charge in [-0.05, 0) is 25.5 Å². The summed E-state index contributed by atoms with van der Waals surface area (Å²) in [4.78, 5) is 11.8. The van der Waals surface area contributed by atoms with Crippen molar-refractivity contribution < 1.29 is 9.53 Å². The van der Waals surface area contributed by atoms with Crippen LogP contribution in [0.15, 0.2) is 24.3 Å². The SMILES string of the molecule is CCOC(=O)[C@H]1c2ccccc2N[C@H]1C. The van der Waals surface area contributed by atoms with E-state index in [-0.39, 0.29) is 17.9 Å². The van der Waals surface area contributed by atoms with Gasteiger partial charge in [-0.25, -0.2) is 0 Å². The fourth-order valence-electron chi connectivity index (χ4n) is 2.06. The maximum Gasteiger partial charge on any atom is 0.315 e. The molecule has 1 aliphatic rings. The Kier molecular flexibility index (Phi) is 2.62. The van der Waals surface area contributed by atoms with Gasteiger partial charge >= 0.3 is 5.97 Å². The summed E-state index contributed by atoms with van der Waals surface area (Å²) in [6.07, 6.45) is 0. The minimum atomic E-state index is -0.166. The van der Waals surface area contributed by atoms with E-state index in [4.69, 9.17) is 4.74 Å². The maximum atomic E-state index is 11.8. The highest BCUT2D eigenvalue weighted by Crippen LogP contribution is 2.36. The smallest absolute Gasteiger partial charge is 0.315 e. The molecule has 0 radical (unpaired) electrons. The van der Waals surface area contributed by atoms with Crippen LogP contribution in [0.5, 0.6) is 0 Å². The Morgan fingerprint density at radius 1 is 1.47 bits per heavy atom. The van der Waals surface area contributed by atoms with E-state index in [9.17, 15) is 4.79 Å². The predicted octanol–water partition coefficient (Wildman–Crippen LogP) is 2.15. The molecule has 1 aromatic carbocycles. The van der Waals surface area contributed by atoms with Crippen LogP contribution in [-0.2, 0) is 9.53 Å². The number of hydrogen-bond donors (Lipinski definition) is 1. The first-order valence-electron chi connectivity index (χ1n) is 5.26. The molecule has 0 bridgehead atoms. The topological polar surface area (TPSA) is 38.3 Å². The Bertz CT molecular complexity index is 376. The Hall–Kier alpha value is -1.51. The van der Waals surface area contributed by atoms with Crippen LogP contribution in [0.1, 0.15) is 25.3 Å². The van der Waals surface area contributed by atoms with Gasteiger partial charge in [-0.2, -0.15) is 0 Å². The average Bonchev–Trinajstić information content (AvgIpc) is 2.54. The molecule has 2 atom stereocenters. The lowest BCUT2D eigenvalue weighted by Crippen LogP contribution is -2.25. The summed E-state index contributed by atoms with van der Waals surface area (Å²) in [7, 11) is 0. The third-order valence-corrected chi connectivity index (χ3v) is 2.72. The van der Waals surface area contributed by atoms with Gasteiger partial charge in [0.25, 0.3) is 0 Å². The third kappa shape index (κ3) is 1.69. The fourth-order valence-corrected chi connectivity index (χ4v) is 2.06. The second-order valence-electron chi connectivity index (χ2n) is 3.75. The molecule has 1 heterocycles. The molecule has 0 amide bonds. The fraction of sp³-hybridized carbons (Fsp3) is 0.417. The molecule has 2 rings (SSSR count). The first-order valence-corrected chi connectivity index (χ1v) is 5.26. The molecule has 1 aliphatic heterocycles. The summed E-state index contributed by atoms with van der Waals surface area (Å²) in [6.45, 7) is 4.27. The average molecular weight is 205 g/mol. The van der Waals surface area contributed by atoms with E-state index in [1.807, 2.05) is 38.1 Å². The van der Waals surface area contributed by atoms with Crippen molar-refractivity contribution in [2.75, 3.05) is 11.9 Å². The summed E-state index contributed by atoms with van der Waals surface area (Å²) in [6, 6.07) is 8.00. The van der Waals surface area contributed by atoms with Gasteiger partial charge in [0.15, 0.2) is 0 Å². The lowest BCUT2D eigenvalue weighted by atomic mass is 9.96. The highest BCUT2D eigenvalue weighted by atomic mass is 16.5. The maximum absolute atomic E-state index is 11.8. The molecule has 3 heteroatoms. The molecule has 0 saturated heterocycles. The van der Waals surface area contributed by atoms with Crippen molar-refractivity contribution in [2.45, 2.75) is 25.8 Å². The standard InChI is InChI=1S/C12H15NO2/c1-3-15-12(14)11-8(2)13-10-7-5-4-6-9(10)11/h4-8,11,13H,3H2,1-2H3/t8-,11+/m0/s1. The first kappa shape index (κ1) is 10.0. The molecule has 1 aromatic rings. The molecule has 0 fully saturated rings. The van der Waals surface area contributed by atoms with Gasteiger partial charge in [0.2, 0.25) is 0 Å². The summed E-state index contributed by atoms with van der Waals surface area (Å²) in [5.41, 5.74) is 2.09. The van der Waals surface area contributed by atoms with Gasteiger partial charge in [-0.1, -0.05) is 18.2 Å². The zero-order valence-corrected chi connectivity index (χ0v) is 8.99. The van der Waals surface area contributed by atoms with Crippen molar-refractivity contribution in [3.05, 3.63) is 29.8 Å². The number of rotatable bonds is 2. The lowest BCUT2D eigenvalue weighted by Gasteiger charge is -2.14. The molecule has 0 aromatic heterocycles. The predicted molar refractivity (Wildman–Crippen MR) is 58.9 cm³/mol. The molecule has 15 heavy (non-hydrogen) atoms. The summed E-state index contributed by atoms with van der Waals surface area (Å²) in [5, 5.41) is 3.29. The van der Waals surface area contributed by atoms with Gasteiger partial charge in [0, 0.05) is 11.7 Å². The molecule has 3 nitrogen and oxygen atoms in total. The number of nitrogens with one attached hydrogen (secondary N) is 1. The number of ether oxygens (including phenoxy) is 1. The van der Waals surface area contributed by atoms with Crippen LogP contribution in [0.3, 0.4) is 0 Å². The van der Waals surface area contributed by atoms with Crippen molar-refractivity contribution in [3.63, 3.8) is 0 Å². The van der Waals surface area contributed by atoms with Crippen LogP contribution < -0.4 is 5.32 Å². The largest absolute Gasteiger partial charge is 0.465 e. The molecule has 80 valence electrons. The normalized spacial score (nSPS) is 23.1. The van der Waals surface area contributed by atoms with E-state index >= 15 is 0 Å². The minimum Gasteiger partial charge on any atom is -0.465 e. The van der Waals surface area contributed by atoms with Crippen LogP contribution in [0.4, 0.5) is 5.69 Å². The van der Waals surface area contributed by atoms with Gasteiger partial charge < -0.3 is 10.1 Å². The second-order valence-corrected chi connectivity index (χ2v) is 3.75. The molecule has 0 saturated carbocycles. The monoisotopic (exact) mass is 205 g/mol. The lowest BCUT2D eigenvalue weighted by molar-refractivity contribution is -0.145. The van der Waals surface area contributed by atoms with Crippen molar-refractivity contribution in [2.24, 2.45) is 0 Å². The Morgan fingerprint density at radius 3 is 2.93 bits per heavy atom. The summed E-state index contributed by atoms with van der Waals surface area (Å²) >= 11 is 0. The summed E-state index contributed by atoms with van der Waals surface area (Å²) < 4.78 is 5.07. The van der Waals surface area contributed by atoms with E-state index < -0.39 is 0 Å². The van der Waals surface area contributed by atoms with Crippen molar-refractivity contribution in [3.8, 4) is 0 Å². The molecular formula is C12H15NO2. The number of fused-ring (bicyclic) bond motifs is 1. The molecular weight excluding hydrogens is 190 g/mol. The molecule has 0 aliphatic carbocycles. The zero-order chi connectivity index (χ0) is 10.8. The van der Waals surface area contributed by atoms with E-state index in [0.29, 0.717) is 6.61 Å². The zero-order valence-electron chi connectivity index (χ0n) is 8.99. The van der Waals surface area contributed by atoms with E-state index in [0.717, 1.165) is 11.3 Å². The van der Waals surface area contributed by atoms with Gasteiger partial charge in [-0.15, -0.1) is 0 Å². The number of para-hydroxylation sites is 1. The second kappa shape index (κ2) is 3.93. The number of carbonyl (C=O) groups is 1. The van der Waals surface area contributed by atoms with Gasteiger partial charge in [0.1, 0.15) is 5.92 Å². The number of carbonyl (C=O) groups excluding carboxylic acids is 1. The van der Waals surface area contributed by atoms with Gasteiger partial charge in [0.05, 0.1) is 6.61 Å². The number of benzene rings is 1.